The van der Waals surface area contributed by atoms with Gasteiger partial charge in [0.15, 0.2) is 0 Å². The molecule has 0 radical (unpaired) electrons. The quantitative estimate of drug-likeness (QED) is 0.879. The van der Waals surface area contributed by atoms with E-state index in [1.165, 1.54) is 22.6 Å². The molecule has 0 aliphatic carbocycles. The van der Waals surface area contributed by atoms with Gasteiger partial charge in [-0.1, -0.05) is 18.2 Å². The summed E-state index contributed by atoms with van der Waals surface area (Å²) < 4.78 is 0. The van der Waals surface area contributed by atoms with Crippen LogP contribution in [0.2, 0.25) is 0 Å². The molecule has 1 fully saturated rings. The molecule has 1 unspecified atom stereocenters. The summed E-state index contributed by atoms with van der Waals surface area (Å²) in [4.78, 5) is 3.85. The molecule has 3 nitrogen and oxygen atoms in total. The molecule has 1 aromatic carbocycles. The molecule has 0 aromatic heterocycles. The number of benzene rings is 1. The molecular formula is C14H21N3S. The van der Waals surface area contributed by atoms with Gasteiger partial charge in [0.1, 0.15) is 0 Å². The highest BCUT2D eigenvalue weighted by Gasteiger charge is 2.23. The minimum Gasteiger partial charge on any atom is -0.304 e. The number of hydrazine groups is 1. The van der Waals surface area contributed by atoms with Gasteiger partial charge in [0.05, 0.1) is 0 Å². The largest absolute Gasteiger partial charge is 0.304 e. The number of nitrogens with one attached hydrogen (secondary N) is 1. The molecule has 0 saturated carbocycles. The first kappa shape index (κ1) is 12.5. The summed E-state index contributed by atoms with van der Waals surface area (Å²) in [6, 6.07) is 9.33. The summed E-state index contributed by atoms with van der Waals surface area (Å²) in [6.07, 6.45) is 1.23. The Labute approximate surface area is 114 Å². The fourth-order valence-corrected chi connectivity index (χ4v) is 3.76. The fourth-order valence-electron chi connectivity index (χ4n) is 2.63. The van der Waals surface area contributed by atoms with E-state index in [0.29, 0.717) is 6.04 Å². The van der Waals surface area contributed by atoms with Crippen LogP contribution in [0.4, 0.5) is 0 Å². The van der Waals surface area contributed by atoms with Crippen LogP contribution in [0.1, 0.15) is 18.0 Å². The van der Waals surface area contributed by atoms with Crippen LogP contribution < -0.4 is 5.43 Å². The van der Waals surface area contributed by atoms with E-state index < -0.39 is 0 Å². The van der Waals surface area contributed by atoms with E-state index >= 15 is 0 Å². The monoisotopic (exact) mass is 263 g/mol. The Bertz CT molecular complexity index is 402. The van der Waals surface area contributed by atoms with Crippen molar-refractivity contribution in [2.24, 2.45) is 0 Å². The summed E-state index contributed by atoms with van der Waals surface area (Å²) >= 11 is 1.99. The maximum Gasteiger partial charge on any atom is 0.0483 e. The molecule has 0 spiro atoms. The maximum atomic E-state index is 3.73. The van der Waals surface area contributed by atoms with E-state index in [9.17, 15) is 0 Å². The summed E-state index contributed by atoms with van der Waals surface area (Å²) in [5.74, 6) is 1.22. The van der Waals surface area contributed by atoms with Crippen LogP contribution in [-0.2, 0) is 0 Å². The third kappa shape index (κ3) is 2.72. The Morgan fingerprint density at radius 2 is 1.94 bits per heavy atom. The van der Waals surface area contributed by atoms with Crippen molar-refractivity contribution in [1.29, 1.82) is 0 Å². The van der Waals surface area contributed by atoms with Crippen molar-refractivity contribution in [1.82, 2.24) is 15.3 Å². The second kappa shape index (κ2) is 5.61. The molecule has 3 rings (SSSR count). The minimum atomic E-state index is 0.505. The van der Waals surface area contributed by atoms with Crippen LogP contribution in [0.3, 0.4) is 0 Å². The minimum absolute atomic E-state index is 0.505. The molecule has 1 aromatic rings. The molecule has 1 N–H and O–H groups in total. The van der Waals surface area contributed by atoms with Gasteiger partial charge in [0.2, 0.25) is 0 Å². The van der Waals surface area contributed by atoms with Gasteiger partial charge in [-0.3, -0.25) is 0 Å². The average Bonchev–Trinajstić information content (AvgIpc) is 2.42. The Morgan fingerprint density at radius 1 is 1.17 bits per heavy atom. The van der Waals surface area contributed by atoms with E-state index in [1.807, 2.05) is 11.8 Å². The Morgan fingerprint density at radius 3 is 2.78 bits per heavy atom. The lowest BCUT2D eigenvalue weighted by atomic mass is 10.0. The SMILES string of the molecule is CN1CCN(NC2CCSc3ccccc32)CC1. The fraction of sp³-hybridized carbons (Fsp3) is 0.571. The molecule has 1 atom stereocenters. The predicted molar refractivity (Wildman–Crippen MR) is 76.7 cm³/mol. The molecule has 0 bridgehead atoms. The summed E-state index contributed by atoms with van der Waals surface area (Å²) in [5, 5.41) is 2.40. The zero-order valence-electron chi connectivity index (χ0n) is 10.9. The average molecular weight is 263 g/mol. The topological polar surface area (TPSA) is 18.5 Å². The maximum absolute atomic E-state index is 3.73. The lowest BCUT2D eigenvalue weighted by molar-refractivity contribution is 0.0851. The molecule has 18 heavy (non-hydrogen) atoms. The van der Waals surface area contributed by atoms with E-state index in [4.69, 9.17) is 0 Å². The third-order valence-corrected chi connectivity index (χ3v) is 4.92. The zero-order chi connectivity index (χ0) is 12.4. The first-order valence-electron chi connectivity index (χ1n) is 6.74. The second-order valence-electron chi connectivity index (χ2n) is 5.15. The molecule has 4 heteroatoms. The van der Waals surface area contributed by atoms with Crippen LogP contribution >= 0.6 is 11.8 Å². The normalized spacial score (nSPS) is 25.9. The zero-order valence-corrected chi connectivity index (χ0v) is 11.7. The van der Waals surface area contributed by atoms with Crippen molar-refractivity contribution in [3.63, 3.8) is 0 Å². The Hall–Kier alpha value is -0.550. The van der Waals surface area contributed by atoms with Crippen molar-refractivity contribution in [2.75, 3.05) is 39.0 Å². The third-order valence-electron chi connectivity index (χ3n) is 3.80. The first-order valence-corrected chi connectivity index (χ1v) is 7.73. The van der Waals surface area contributed by atoms with Crippen LogP contribution in [-0.4, -0.2) is 48.9 Å². The summed E-state index contributed by atoms with van der Waals surface area (Å²) in [7, 11) is 2.20. The number of rotatable bonds is 2. The summed E-state index contributed by atoms with van der Waals surface area (Å²) in [6.45, 7) is 4.58. The van der Waals surface area contributed by atoms with Gasteiger partial charge in [-0.15, -0.1) is 11.8 Å². The number of likely N-dealkylation sites (N-methyl/N-ethyl adjacent to an activating group) is 1. The number of nitrogens with zero attached hydrogens (tertiary/aromatic N) is 2. The first-order chi connectivity index (χ1) is 8.83. The summed E-state index contributed by atoms with van der Waals surface area (Å²) in [5.41, 5.74) is 5.21. The van der Waals surface area contributed by atoms with E-state index in [-0.39, 0.29) is 0 Å². The number of fused-ring (bicyclic) bond motifs is 1. The van der Waals surface area contributed by atoms with Gasteiger partial charge in [0, 0.05) is 37.1 Å². The molecule has 98 valence electrons. The molecule has 1 saturated heterocycles. The van der Waals surface area contributed by atoms with Gasteiger partial charge in [-0.2, -0.15) is 0 Å². The van der Waals surface area contributed by atoms with Gasteiger partial charge in [0.25, 0.3) is 0 Å². The smallest absolute Gasteiger partial charge is 0.0483 e. The van der Waals surface area contributed by atoms with E-state index in [1.54, 1.807) is 0 Å². The van der Waals surface area contributed by atoms with Crippen molar-refractivity contribution < 1.29 is 0 Å². The number of piperazine rings is 1. The highest BCUT2D eigenvalue weighted by atomic mass is 32.2. The van der Waals surface area contributed by atoms with Gasteiger partial charge in [-0.05, 0) is 30.9 Å². The highest BCUT2D eigenvalue weighted by molar-refractivity contribution is 7.99. The van der Waals surface area contributed by atoms with Crippen LogP contribution in [0.5, 0.6) is 0 Å². The van der Waals surface area contributed by atoms with Crippen molar-refractivity contribution >= 4 is 11.8 Å². The van der Waals surface area contributed by atoms with Crippen molar-refractivity contribution in [3.05, 3.63) is 29.8 Å². The lowest BCUT2D eigenvalue weighted by Gasteiger charge is -2.37. The van der Waals surface area contributed by atoms with E-state index in [2.05, 4.69) is 46.6 Å². The van der Waals surface area contributed by atoms with Crippen LogP contribution in [0, 0.1) is 0 Å². The van der Waals surface area contributed by atoms with Gasteiger partial charge in [-0.25, -0.2) is 10.4 Å². The number of hydrogen-bond donors (Lipinski definition) is 1. The molecule has 2 aliphatic rings. The molecule has 0 amide bonds. The molecular weight excluding hydrogens is 242 g/mol. The number of thioether (sulfide) groups is 1. The number of hydrogen-bond acceptors (Lipinski definition) is 4. The second-order valence-corrected chi connectivity index (χ2v) is 6.28. The van der Waals surface area contributed by atoms with Crippen LogP contribution in [0.25, 0.3) is 0 Å². The van der Waals surface area contributed by atoms with E-state index in [0.717, 1.165) is 26.2 Å². The van der Waals surface area contributed by atoms with Gasteiger partial charge < -0.3 is 4.90 Å². The van der Waals surface area contributed by atoms with Gasteiger partial charge >= 0.3 is 0 Å². The molecule has 2 heterocycles. The Kier molecular flexibility index (Phi) is 3.89. The molecule has 2 aliphatic heterocycles. The van der Waals surface area contributed by atoms with Crippen LogP contribution in [0.15, 0.2) is 29.2 Å². The highest BCUT2D eigenvalue weighted by Crippen LogP contribution is 2.35. The lowest BCUT2D eigenvalue weighted by Crippen LogP contribution is -2.52. The predicted octanol–water partition coefficient (Wildman–Crippen LogP) is 1.98. The standard InChI is InChI=1S/C14H21N3S/c1-16-7-9-17(10-8-16)15-13-6-11-18-14-5-3-2-4-12(13)14/h2-5,13,15H,6-11H2,1H3. The Balaban J connectivity index is 1.67. The van der Waals surface area contributed by atoms with Crippen molar-refractivity contribution in [2.45, 2.75) is 17.4 Å². The van der Waals surface area contributed by atoms with Crippen molar-refractivity contribution in [3.8, 4) is 0 Å².